The predicted octanol–water partition coefficient (Wildman–Crippen LogP) is 2.08. The summed E-state index contributed by atoms with van der Waals surface area (Å²) in [4.78, 5) is 28.4. The number of amides is 1. The Bertz CT molecular complexity index is 786. The molecule has 24 heavy (non-hydrogen) atoms. The number of nitrogens with zero attached hydrogens (tertiary/aromatic N) is 1. The minimum absolute atomic E-state index is 0.232. The number of pyridine rings is 1. The Hall–Kier alpha value is -2.63. The third kappa shape index (κ3) is 3.82. The van der Waals surface area contributed by atoms with Crippen LogP contribution < -0.4 is 15.8 Å². The Morgan fingerprint density at radius 2 is 2.08 bits per heavy atom. The van der Waals surface area contributed by atoms with Crippen LogP contribution in [0.4, 0.5) is 10.1 Å². The Balaban J connectivity index is 1.55. The number of hydrogen-bond acceptors (Lipinski definition) is 3. The van der Waals surface area contributed by atoms with E-state index in [1.165, 1.54) is 18.2 Å². The highest BCUT2D eigenvalue weighted by Crippen LogP contribution is 2.23. The molecular formula is C18H20FN3O2. The quantitative estimate of drug-likeness (QED) is 0.903. The highest BCUT2D eigenvalue weighted by molar-refractivity contribution is 5.94. The third-order valence-electron chi connectivity index (χ3n) is 4.27. The molecule has 1 aliphatic rings. The van der Waals surface area contributed by atoms with Gasteiger partial charge in [0.1, 0.15) is 5.82 Å². The zero-order valence-electron chi connectivity index (χ0n) is 13.5. The van der Waals surface area contributed by atoms with Crippen LogP contribution in [0.2, 0.25) is 0 Å². The first-order valence-electron chi connectivity index (χ1n) is 8.01. The first-order valence-corrected chi connectivity index (χ1v) is 8.01. The summed E-state index contributed by atoms with van der Waals surface area (Å²) in [6.07, 6.45) is 0.964. The van der Waals surface area contributed by atoms with Crippen LogP contribution in [-0.4, -0.2) is 30.5 Å². The van der Waals surface area contributed by atoms with Gasteiger partial charge in [0.05, 0.1) is 0 Å². The third-order valence-corrected chi connectivity index (χ3v) is 4.27. The molecule has 1 aromatic carbocycles. The molecule has 0 radical (unpaired) electrons. The molecule has 1 unspecified atom stereocenters. The molecule has 3 rings (SSSR count). The molecule has 1 atom stereocenters. The molecule has 1 aliphatic heterocycles. The molecule has 1 amide bonds. The van der Waals surface area contributed by atoms with Crippen molar-refractivity contribution in [2.24, 2.45) is 5.92 Å². The van der Waals surface area contributed by atoms with E-state index in [1.54, 1.807) is 25.1 Å². The maximum absolute atomic E-state index is 13.0. The van der Waals surface area contributed by atoms with E-state index in [0.717, 1.165) is 25.2 Å². The van der Waals surface area contributed by atoms with Gasteiger partial charge in [-0.25, -0.2) is 4.39 Å². The van der Waals surface area contributed by atoms with Gasteiger partial charge in [0.15, 0.2) is 0 Å². The van der Waals surface area contributed by atoms with Gasteiger partial charge in [-0.3, -0.25) is 9.59 Å². The molecule has 2 heterocycles. The standard InChI is InChI=1S/C18H20FN3O2/c1-12-8-14(9-17(23)21-12)18(24)20-10-13-6-7-22(11-13)16-4-2-15(19)3-5-16/h2-5,8-9,13H,6-7,10-11H2,1H3,(H,20,24)(H,21,23). The molecular weight excluding hydrogens is 309 g/mol. The molecule has 126 valence electrons. The summed E-state index contributed by atoms with van der Waals surface area (Å²) in [5.41, 5.74) is 1.76. The lowest BCUT2D eigenvalue weighted by molar-refractivity contribution is 0.0948. The number of aryl methyl sites for hydroxylation is 1. The second-order valence-corrected chi connectivity index (χ2v) is 6.20. The molecule has 0 spiro atoms. The number of H-pyrrole nitrogens is 1. The molecule has 0 aliphatic carbocycles. The highest BCUT2D eigenvalue weighted by Gasteiger charge is 2.23. The Morgan fingerprint density at radius 3 is 2.79 bits per heavy atom. The number of carbonyl (C=O) groups excluding carboxylic acids is 1. The van der Waals surface area contributed by atoms with Crippen molar-refractivity contribution < 1.29 is 9.18 Å². The number of halogens is 1. The fraction of sp³-hybridized carbons (Fsp3) is 0.333. The van der Waals surface area contributed by atoms with Crippen molar-refractivity contribution in [1.29, 1.82) is 0 Å². The normalized spacial score (nSPS) is 17.1. The number of carbonyl (C=O) groups is 1. The number of aromatic amines is 1. The number of benzene rings is 1. The number of aromatic nitrogens is 1. The van der Waals surface area contributed by atoms with Gasteiger partial charge in [0.2, 0.25) is 5.56 Å². The van der Waals surface area contributed by atoms with Crippen molar-refractivity contribution in [2.75, 3.05) is 24.5 Å². The minimum atomic E-state index is -0.275. The summed E-state index contributed by atoms with van der Waals surface area (Å²) < 4.78 is 13.0. The molecule has 5 nitrogen and oxygen atoms in total. The largest absolute Gasteiger partial charge is 0.371 e. The van der Waals surface area contributed by atoms with Gasteiger partial charge in [0, 0.05) is 42.6 Å². The van der Waals surface area contributed by atoms with E-state index in [4.69, 9.17) is 0 Å². The van der Waals surface area contributed by atoms with Crippen LogP contribution in [0.15, 0.2) is 41.2 Å². The van der Waals surface area contributed by atoms with Crippen molar-refractivity contribution in [2.45, 2.75) is 13.3 Å². The highest BCUT2D eigenvalue weighted by atomic mass is 19.1. The average molecular weight is 329 g/mol. The summed E-state index contributed by atoms with van der Waals surface area (Å²) in [6, 6.07) is 9.43. The van der Waals surface area contributed by atoms with Crippen molar-refractivity contribution in [3.05, 3.63) is 63.8 Å². The molecule has 1 saturated heterocycles. The Labute approximate surface area is 139 Å². The van der Waals surface area contributed by atoms with Gasteiger partial charge in [-0.05, 0) is 49.6 Å². The van der Waals surface area contributed by atoms with Gasteiger partial charge in [-0.2, -0.15) is 0 Å². The molecule has 2 aromatic rings. The predicted molar refractivity (Wildman–Crippen MR) is 90.9 cm³/mol. The summed E-state index contributed by atoms with van der Waals surface area (Å²) in [7, 11) is 0. The first-order chi connectivity index (χ1) is 11.5. The second-order valence-electron chi connectivity index (χ2n) is 6.20. The lowest BCUT2D eigenvalue weighted by atomic mass is 10.1. The Kier molecular flexibility index (Phi) is 4.64. The van der Waals surface area contributed by atoms with E-state index in [-0.39, 0.29) is 17.3 Å². The summed E-state index contributed by atoms with van der Waals surface area (Å²) in [5.74, 6) is -0.138. The van der Waals surface area contributed by atoms with E-state index in [1.807, 2.05) is 0 Å². The molecule has 6 heteroatoms. The molecule has 0 saturated carbocycles. The smallest absolute Gasteiger partial charge is 0.251 e. The van der Waals surface area contributed by atoms with Gasteiger partial charge in [-0.15, -0.1) is 0 Å². The first kappa shape index (κ1) is 16.2. The lowest BCUT2D eigenvalue weighted by Gasteiger charge is -2.18. The van der Waals surface area contributed by atoms with Crippen LogP contribution in [0.25, 0.3) is 0 Å². The van der Waals surface area contributed by atoms with Gasteiger partial charge < -0.3 is 15.2 Å². The lowest BCUT2D eigenvalue weighted by Crippen LogP contribution is -2.31. The summed E-state index contributed by atoms with van der Waals surface area (Å²) >= 11 is 0. The fourth-order valence-electron chi connectivity index (χ4n) is 3.04. The van der Waals surface area contributed by atoms with Crippen LogP contribution in [0.3, 0.4) is 0 Å². The minimum Gasteiger partial charge on any atom is -0.371 e. The van der Waals surface area contributed by atoms with Gasteiger partial charge >= 0.3 is 0 Å². The van der Waals surface area contributed by atoms with Gasteiger partial charge in [0.25, 0.3) is 5.91 Å². The van der Waals surface area contributed by atoms with Crippen molar-refractivity contribution in [3.8, 4) is 0 Å². The summed E-state index contributed by atoms with van der Waals surface area (Å²) in [5, 5.41) is 2.90. The SMILES string of the molecule is Cc1cc(C(=O)NCC2CCN(c3ccc(F)cc3)C2)cc(=O)[nH]1. The van der Waals surface area contributed by atoms with E-state index < -0.39 is 0 Å². The van der Waals surface area contributed by atoms with Crippen molar-refractivity contribution >= 4 is 11.6 Å². The topological polar surface area (TPSA) is 65.2 Å². The van der Waals surface area contributed by atoms with Crippen molar-refractivity contribution in [3.63, 3.8) is 0 Å². The molecule has 1 fully saturated rings. The molecule has 1 aromatic heterocycles. The van der Waals surface area contributed by atoms with Crippen molar-refractivity contribution in [1.82, 2.24) is 10.3 Å². The number of nitrogens with one attached hydrogen (secondary N) is 2. The second kappa shape index (κ2) is 6.86. The van der Waals surface area contributed by atoms with Crippen LogP contribution in [0, 0.1) is 18.7 Å². The number of anilines is 1. The number of hydrogen-bond donors (Lipinski definition) is 2. The number of rotatable bonds is 4. The average Bonchev–Trinajstić information content (AvgIpc) is 3.01. The summed E-state index contributed by atoms with van der Waals surface area (Å²) in [6.45, 7) is 4.01. The van der Waals surface area contributed by atoms with E-state index in [2.05, 4.69) is 15.2 Å². The van der Waals surface area contributed by atoms with Crippen LogP contribution in [0.5, 0.6) is 0 Å². The van der Waals surface area contributed by atoms with Gasteiger partial charge in [-0.1, -0.05) is 0 Å². The zero-order chi connectivity index (χ0) is 17.1. The molecule has 2 N–H and O–H groups in total. The monoisotopic (exact) mass is 329 g/mol. The maximum Gasteiger partial charge on any atom is 0.251 e. The van der Waals surface area contributed by atoms with E-state index in [0.29, 0.717) is 23.7 Å². The van der Waals surface area contributed by atoms with Crippen LogP contribution >= 0.6 is 0 Å². The van der Waals surface area contributed by atoms with E-state index in [9.17, 15) is 14.0 Å². The Morgan fingerprint density at radius 1 is 1.33 bits per heavy atom. The molecule has 0 bridgehead atoms. The zero-order valence-corrected chi connectivity index (χ0v) is 13.5. The van der Waals surface area contributed by atoms with Crippen LogP contribution in [0.1, 0.15) is 22.5 Å². The maximum atomic E-state index is 13.0. The van der Waals surface area contributed by atoms with E-state index >= 15 is 0 Å². The fourth-order valence-corrected chi connectivity index (χ4v) is 3.04. The van der Waals surface area contributed by atoms with Crippen LogP contribution in [-0.2, 0) is 0 Å².